The van der Waals surface area contributed by atoms with Gasteiger partial charge in [-0.1, -0.05) is 24.3 Å². The molecule has 0 unspecified atom stereocenters. The van der Waals surface area contributed by atoms with Crippen LogP contribution in [0.25, 0.3) is 10.2 Å². The summed E-state index contributed by atoms with van der Waals surface area (Å²) in [7, 11) is 0. The van der Waals surface area contributed by atoms with Gasteiger partial charge in [0.1, 0.15) is 10.6 Å². The molecular weight excluding hydrogens is 262 g/mol. The summed E-state index contributed by atoms with van der Waals surface area (Å²) in [5, 5.41) is 3.76. The largest absolute Gasteiger partial charge is 0.383 e. The van der Waals surface area contributed by atoms with Crippen molar-refractivity contribution in [3.05, 3.63) is 24.1 Å². The Labute approximate surface area is 116 Å². The molecule has 0 saturated carbocycles. The van der Waals surface area contributed by atoms with E-state index in [1.165, 1.54) is 19.3 Å². The zero-order valence-electron chi connectivity index (χ0n) is 10.3. The lowest BCUT2D eigenvalue weighted by molar-refractivity contribution is 0.734. The van der Waals surface area contributed by atoms with Crippen LogP contribution in [-0.2, 0) is 0 Å². The minimum Gasteiger partial charge on any atom is -0.383 e. The molecule has 0 fully saturated rings. The van der Waals surface area contributed by atoms with E-state index in [-0.39, 0.29) is 0 Å². The molecule has 0 aliphatic heterocycles. The quantitative estimate of drug-likeness (QED) is 0.358. The first kappa shape index (κ1) is 13.4. The lowest BCUT2D eigenvalue weighted by atomic mass is 10.2. The number of allylic oxidation sites excluding steroid dienone is 1. The van der Waals surface area contributed by atoms with E-state index in [9.17, 15) is 0 Å². The summed E-state index contributed by atoms with van der Waals surface area (Å²) in [5.74, 6) is 1.64. The van der Waals surface area contributed by atoms with Crippen molar-refractivity contribution < 1.29 is 0 Å². The third-order valence-electron chi connectivity index (χ3n) is 2.62. The van der Waals surface area contributed by atoms with Gasteiger partial charge in [0.25, 0.3) is 0 Å². The normalized spacial score (nSPS) is 10.9. The summed E-state index contributed by atoms with van der Waals surface area (Å²) >= 11 is 3.30. The molecule has 0 bridgehead atoms. The highest BCUT2D eigenvalue weighted by Crippen LogP contribution is 2.26. The molecule has 2 heterocycles. The molecule has 2 aromatic rings. The van der Waals surface area contributed by atoms with Crippen molar-refractivity contribution in [1.82, 2.24) is 9.97 Å². The number of aromatic nitrogens is 2. The molecule has 0 atom stereocenters. The van der Waals surface area contributed by atoms with Gasteiger partial charge in [-0.2, -0.15) is 0 Å². The SMILES string of the molecule is C=CCCCCCSc1nc(N)c2ccsc2n1. The lowest BCUT2D eigenvalue weighted by Crippen LogP contribution is -1.95. The van der Waals surface area contributed by atoms with Crippen LogP contribution < -0.4 is 5.73 Å². The van der Waals surface area contributed by atoms with Crippen molar-refractivity contribution in [2.75, 3.05) is 11.5 Å². The van der Waals surface area contributed by atoms with Crippen LogP contribution in [-0.4, -0.2) is 15.7 Å². The first-order valence-electron chi connectivity index (χ1n) is 6.05. The van der Waals surface area contributed by atoms with Gasteiger partial charge in [-0.25, -0.2) is 9.97 Å². The van der Waals surface area contributed by atoms with Gasteiger partial charge in [0.15, 0.2) is 5.16 Å². The fourth-order valence-corrected chi connectivity index (χ4v) is 3.33. The van der Waals surface area contributed by atoms with Crippen molar-refractivity contribution >= 4 is 39.1 Å². The molecule has 0 radical (unpaired) electrons. The Balaban J connectivity index is 1.86. The number of nitrogens with zero attached hydrogens (tertiary/aromatic N) is 2. The summed E-state index contributed by atoms with van der Waals surface area (Å²) in [4.78, 5) is 9.81. The second-order valence-electron chi connectivity index (χ2n) is 4.02. The van der Waals surface area contributed by atoms with Gasteiger partial charge in [0.05, 0.1) is 5.39 Å². The second kappa shape index (κ2) is 6.75. The van der Waals surface area contributed by atoms with Crippen LogP contribution in [0.3, 0.4) is 0 Å². The average molecular weight is 279 g/mol. The van der Waals surface area contributed by atoms with E-state index in [1.807, 2.05) is 17.5 Å². The maximum absolute atomic E-state index is 5.90. The molecule has 0 spiro atoms. The van der Waals surface area contributed by atoms with Gasteiger partial charge in [0.2, 0.25) is 0 Å². The van der Waals surface area contributed by atoms with Gasteiger partial charge >= 0.3 is 0 Å². The Morgan fingerprint density at radius 1 is 1.33 bits per heavy atom. The van der Waals surface area contributed by atoms with Crippen LogP contribution in [0.5, 0.6) is 0 Å². The number of rotatable bonds is 7. The predicted octanol–water partition coefficient (Wildman–Crippen LogP) is 4.11. The third kappa shape index (κ3) is 3.46. The Morgan fingerprint density at radius 3 is 3.06 bits per heavy atom. The zero-order valence-corrected chi connectivity index (χ0v) is 11.9. The monoisotopic (exact) mass is 279 g/mol. The van der Waals surface area contributed by atoms with E-state index in [4.69, 9.17) is 5.73 Å². The number of nitrogens with two attached hydrogens (primary N) is 1. The summed E-state index contributed by atoms with van der Waals surface area (Å²) in [6, 6.07) is 1.97. The Bertz CT molecular complexity index is 522. The molecule has 3 nitrogen and oxygen atoms in total. The maximum atomic E-state index is 5.90. The molecule has 0 saturated heterocycles. The molecule has 2 rings (SSSR count). The molecule has 18 heavy (non-hydrogen) atoms. The summed E-state index contributed by atoms with van der Waals surface area (Å²) < 4.78 is 0. The Morgan fingerprint density at radius 2 is 2.22 bits per heavy atom. The molecule has 0 aromatic carbocycles. The molecule has 0 aliphatic rings. The molecule has 2 N–H and O–H groups in total. The Hall–Kier alpha value is -1.07. The van der Waals surface area contributed by atoms with Crippen LogP contribution in [0.15, 0.2) is 29.3 Å². The first-order chi connectivity index (χ1) is 8.81. The predicted molar refractivity (Wildman–Crippen MR) is 81.2 cm³/mol. The van der Waals surface area contributed by atoms with Crippen LogP contribution in [0.4, 0.5) is 5.82 Å². The Kier molecular flexibility index (Phi) is 5.01. The smallest absolute Gasteiger partial charge is 0.190 e. The van der Waals surface area contributed by atoms with Crippen molar-refractivity contribution in [3.63, 3.8) is 0 Å². The van der Waals surface area contributed by atoms with Crippen LogP contribution >= 0.6 is 23.1 Å². The number of thiophene rings is 1. The standard InChI is InChI=1S/C13H17N3S2/c1-2-3-4-5-6-8-18-13-15-11(14)10-7-9-17-12(10)16-13/h2,7,9H,1,3-6,8H2,(H2,14,15,16). The van der Waals surface area contributed by atoms with E-state index < -0.39 is 0 Å². The molecule has 96 valence electrons. The van der Waals surface area contributed by atoms with Gasteiger partial charge in [-0.3, -0.25) is 0 Å². The summed E-state index contributed by atoms with van der Waals surface area (Å²) in [5.41, 5.74) is 5.90. The van der Waals surface area contributed by atoms with E-state index in [0.717, 1.165) is 27.5 Å². The average Bonchev–Trinajstić information content (AvgIpc) is 2.82. The van der Waals surface area contributed by atoms with Crippen molar-refractivity contribution in [2.24, 2.45) is 0 Å². The molecule has 0 aliphatic carbocycles. The molecule has 0 amide bonds. The zero-order chi connectivity index (χ0) is 12.8. The van der Waals surface area contributed by atoms with Crippen LogP contribution in [0, 0.1) is 0 Å². The third-order valence-corrected chi connectivity index (χ3v) is 4.36. The van der Waals surface area contributed by atoms with Gasteiger partial charge in [-0.15, -0.1) is 17.9 Å². The fourth-order valence-electron chi connectivity index (χ4n) is 1.65. The van der Waals surface area contributed by atoms with Crippen LogP contribution in [0.1, 0.15) is 25.7 Å². The van der Waals surface area contributed by atoms with Crippen molar-refractivity contribution in [1.29, 1.82) is 0 Å². The van der Waals surface area contributed by atoms with E-state index in [2.05, 4.69) is 16.5 Å². The van der Waals surface area contributed by atoms with E-state index >= 15 is 0 Å². The summed E-state index contributed by atoms with van der Waals surface area (Å²) in [6.45, 7) is 3.72. The van der Waals surface area contributed by atoms with E-state index in [0.29, 0.717) is 5.82 Å². The fraction of sp³-hybridized carbons (Fsp3) is 0.385. The summed E-state index contributed by atoms with van der Waals surface area (Å²) in [6.07, 6.45) is 6.72. The molecule has 2 aromatic heterocycles. The molecule has 5 heteroatoms. The highest BCUT2D eigenvalue weighted by Gasteiger charge is 2.06. The second-order valence-corrected chi connectivity index (χ2v) is 5.97. The van der Waals surface area contributed by atoms with Gasteiger partial charge in [0, 0.05) is 5.75 Å². The highest BCUT2D eigenvalue weighted by atomic mass is 32.2. The number of fused-ring (bicyclic) bond motifs is 1. The number of unbranched alkanes of at least 4 members (excludes halogenated alkanes) is 3. The topological polar surface area (TPSA) is 51.8 Å². The minimum absolute atomic E-state index is 0.593. The number of hydrogen-bond donors (Lipinski definition) is 1. The minimum atomic E-state index is 0.593. The number of nitrogen functional groups attached to an aromatic ring is 1. The first-order valence-corrected chi connectivity index (χ1v) is 7.92. The van der Waals surface area contributed by atoms with Crippen LogP contribution in [0.2, 0.25) is 0 Å². The van der Waals surface area contributed by atoms with Gasteiger partial charge in [-0.05, 0) is 30.7 Å². The molecular formula is C13H17N3S2. The van der Waals surface area contributed by atoms with Gasteiger partial charge < -0.3 is 5.73 Å². The highest BCUT2D eigenvalue weighted by molar-refractivity contribution is 7.99. The van der Waals surface area contributed by atoms with E-state index in [1.54, 1.807) is 23.1 Å². The number of thioether (sulfide) groups is 1. The van der Waals surface area contributed by atoms with Crippen molar-refractivity contribution in [2.45, 2.75) is 30.8 Å². The van der Waals surface area contributed by atoms with Crippen molar-refractivity contribution in [3.8, 4) is 0 Å². The number of anilines is 1. The lowest BCUT2D eigenvalue weighted by Gasteiger charge is -2.02. The number of hydrogen-bond acceptors (Lipinski definition) is 5. The maximum Gasteiger partial charge on any atom is 0.190 e.